The quantitative estimate of drug-likeness (QED) is 0.166. The van der Waals surface area contributed by atoms with Crippen LogP contribution in [0.1, 0.15) is 35.1 Å². The molecule has 0 aliphatic carbocycles. The van der Waals surface area contributed by atoms with Crippen molar-refractivity contribution in [1.29, 1.82) is 0 Å². The first-order valence-corrected chi connectivity index (χ1v) is 10.6. The van der Waals surface area contributed by atoms with Crippen LogP contribution in [0.15, 0.2) is 84.0 Å². The van der Waals surface area contributed by atoms with Gasteiger partial charge in [-0.3, -0.25) is 4.79 Å². The van der Waals surface area contributed by atoms with Crippen molar-refractivity contribution in [3.8, 4) is 0 Å². The first kappa shape index (κ1) is 22.1. The number of rotatable bonds is 10. The van der Waals surface area contributed by atoms with Gasteiger partial charge < -0.3 is 15.9 Å². The first-order valence-electron chi connectivity index (χ1n) is 10.6. The Morgan fingerprint density at radius 3 is 2.35 bits per heavy atom. The minimum Gasteiger partial charge on any atom is -0.466 e. The van der Waals surface area contributed by atoms with Crippen LogP contribution in [0.2, 0.25) is 0 Å². The molecule has 5 nitrogen and oxygen atoms in total. The van der Waals surface area contributed by atoms with E-state index < -0.39 is 0 Å². The zero-order valence-corrected chi connectivity index (χ0v) is 17.8. The molecule has 31 heavy (non-hydrogen) atoms. The van der Waals surface area contributed by atoms with E-state index in [1.54, 1.807) is 0 Å². The summed E-state index contributed by atoms with van der Waals surface area (Å²) in [6.07, 6.45) is 3.92. The lowest BCUT2D eigenvalue weighted by atomic mass is 9.91. The minimum atomic E-state index is -0.302. The number of ether oxygens (including phenoxy) is 1. The van der Waals surface area contributed by atoms with E-state index in [0.717, 1.165) is 29.7 Å². The van der Waals surface area contributed by atoms with Crippen molar-refractivity contribution in [1.82, 2.24) is 0 Å². The lowest BCUT2D eigenvalue weighted by Gasteiger charge is -2.16. The molecular weight excluding hydrogens is 386 g/mol. The molecule has 0 saturated carbocycles. The molecule has 0 spiro atoms. The Hall–Kier alpha value is -3.60. The predicted molar refractivity (Wildman–Crippen MR) is 126 cm³/mol. The molecule has 3 N–H and O–H groups in total. The number of hydrogen-bond acceptors (Lipinski definition) is 4. The van der Waals surface area contributed by atoms with Crippen LogP contribution in [-0.2, 0) is 28.8 Å². The second-order valence-corrected chi connectivity index (χ2v) is 7.36. The van der Waals surface area contributed by atoms with Crippen molar-refractivity contribution < 1.29 is 9.53 Å². The van der Waals surface area contributed by atoms with E-state index in [4.69, 9.17) is 10.6 Å². The fraction of sp³-hybridized carbons (Fsp3) is 0.231. The van der Waals surface area contributed by atoms with Gasteiger partial charge in [-0.05, 0) is 60.6 Å². The zero-order valence-electron chi connectivity index (χ0n) is 17.8. The molecule has 5 heteroatoms. The molecule has 160 valence electrons. The molecule has 0 aliphatic heterocycles. The fourth-order valence-electron chi connectivity index (χ4n) is 3.63. The maximum atomic E-state index is 12.6. The van der Waals surface area contributed by atoms with Crippen molar-refractivity contribution >= 4 is 18.0 Å². The number of carbonyl (C=O) groups excluding carboxylic acids is 1. The van der Waals surface area contributed by atoms with E-state index >= 15 is 0 Å². The molecule has 0 bridgehead atoms. The Kier molecular flexibility index (Phi) is 8.23. The Labute approximate surface area is 183 Å². The number of anilines is 1. The van der Waals surface area contributed by atoms with E-state index in [1.807, 2.05) is 49.4 Å². The lowest BCUT2D eigenvalue weighted by Crippen LogP contribution is -2.18. The topological polar surface area (TPSA) is 76.7 Å². The van der Waals surface area contributed by atoms with Gasteiger partial charge in [0.05, 0.1) is 12.5 Å². The summed E-state index contributed by atoms with van der Waals surface area (Å²) in [5.41, 5.74) is 5.55. The highest BCUT2D eigenvalue weighted by atomic mass is 16.5. The van der Waals surface area contributed by atoms with Crippen LogP contribution in [0, 0.1) is 0 Å². The smallest absolute Gasteiger partial charge is 0.313 e. The molecule has 0 aliphatic rings. The summed E-state index contributed by atoms with van der Waals surface area (Å²) in [4.78, 5) is 12.6. The number of aryl methyl sites for hydroxylation is 2. The Bertz CT molecular complexity index is 1000. The zero-order chi connectivity index (χ0) is 21.9. The van der Waals surface area contributed by atoms with Gasteiger partial charge in [0.15, 0.2) is 0 Å². The Balaban J connectivity index is 1.69. The maximum absolute atomic E-state index is 12.6. The number of carbonyl (C=O) groups is 1. The van der Waals surface area contributed by atoms with Gasteiger partial charge in [0.25, 0.3) is 0 Å². The summed E-state index contributed by atoms with van der Waals surface area (Å²) in [5, 5.41) is 6.50. The number of nitrogens with one attached hydrogen (secondary N) is 1. The molecule has 3 aromatic carbocycles. The molecule has 0 aromatic heterocycles. The first-order chi connectivity index (χ1) is 15.2. The van der Waals surface area contributed by atoms with Gasteiger partial charge in [0.2, 0.25) is 0 Å². The van der Waals surface area contributed by atoms with Crippen LogP contribution in [-0.4, -0.2) is 18.9 Å². The monoisotopic (exact) mass is 415 g/mol. The van der Waals surface area contributed by atoms with Gasteiger partial charge in [-0.15, -0.1) is 0 Å². The second-order valence-electron chi connectivity index (χ2n) is 7.36. The summed E-state index contributed by atoms with van der Waals surface area (Å²) in [5.74, 6) is 4.67. The standard InChI is InChI=1S/C26H29N3O2/c1-2-31-26(30)25(23-11-4-3-5-12-23)18-22-10-6-8-20(16-22)14-15-21-9-7-13-24(17-21)28-19-29-27/h3-13,16-17,19,25H,2,14-15,18,27H2,1H3,(H,28,29). The third kappa shape index (κ3) is 6.71. The number of esters is 1. The Morgan fingerprint density at radius 1 is 0.968 bits per heavy atom. The fourth-order valence-corrected chi connectivity index (χ4v) is 3.63. The molecule has 0 radical (unpaired) electrons. The number of hydrazone groups is 1. The molecule has 3 aromatic rings. The molecule has 0 fully saturated rings. The number of hydrogen-bond donors (Lipinski definition) is 2. The molecule has 3 rings (SSSR count). The number of nitrogens with zero attached hydrogens (tertiary/aromatic N) is 1. The van der Waals surface area contributed by atoms with Crippen molar-refractivity contribution in [2.45, 2.75) is 32.1 Å². The highest BCUT2D eigenvalue weighted by Crippen LogP contribution is 2.23. The summed E-state index contributed by atoms with van der Waals surface area (Å²) in [6, 6.07) is 26.5. The molecular formula is C26H29N3O2. The predicted octanol–water partition coefficient (Wildman–Crippen LogP) is 4.68. The molecule has 1 atom stereocenters. The van der Waals surface area contributed by atoms with Crippen molar-refractivity contribution in [3.63, 3.8) is 0 Å². The van der Waals surface area contributed by atoms with Crippen molar-refractivity contribution in [3.05, 3.63) is 101 Å². The number of benzene rings is 3. The average molecular weight is 416 g/mol. The van der Waals surface area contributed by atoms with Gasteiger partial charge in [0.1, 0.15) is 6.34 Å². The summed E-state index contributed by atoms with van der Waals surface area (Å²) >= 11 is 0. The van der Waals surface area contributed by atoms with E-state index in [1.165, 1.54) is 17.5 Å². The lowest BCUT2D eigenvalue weighted by molar-refractivity contribution is -0.144. The van der Waals surface area contributed by atoms with E-state index in [-0.39, 0.29) is 11.9 Å². The van der Waals surface area contributed by atoms with Crippen molar-refractivity contribution in [2.75, 3.05) is 11.9 Å². The molecule has 1 unspecified atom stereocenters. The van der Waals surface area contributed by atoms with E-state index in [9.17, 15) is 4.79 Å². The summed E-state index contributed by atoms with van der Waals surface area (Å²) in [6.45, 7) is 2.22. The van der Waals surface area contributed by atoms with Gasteiger partial charge in [-0.1, -0.05) is 66.7 Å². The highest BCUT2D eigenvalue weighted by molar-refractivity contribution is 5.78. The third-order valence-corrected chi connectivity index (χ3v) is 5.14. The minimum absolute atomic E-state index is 0.176. The van der Waals surface area contributed by atoms with Gasteiger partial charge in [-0.2, -0.15) is 5.10 Å². The maximum Gasteiger partial charge on any atom is 0.313 e. The summed E-state index contributed by atoms with van der Waals surface area (Å²) in [7, 11) is 0. The third-order valence-electron chi connectivity index (χ3n) is 5.14. The van der Waals surface area contributed by atoms with Crippen LogP contribution in [0.25, 0.3) is 0 Å². The van der Waals surface area contributed by atoms with Gasteiger partial charge >= 0.3 is 5.97 Å². The molecule has 0 heterocycles. The summed E-state index contributed by atoms with van der Waals surface area (Å²) < 4.78 is 5.34. The normalized spacial score (nSPS) is 11.9. The number of nitrogens with two attached hydrogens (primary N) is 1. The largest absolute Gasteiger partial charge is 0.466 e. The average Bonchev–Trinajstić information content (AvgIpc) is 2.81. The van der Waals surface area contributed by atoms with Crippen molar-refractivity contribution in [2.24, 2.45) is 10.9 Å². The SMILES string of the molecule is CCOC(=O)C(Cc1cccc(CCc2cccc(NC=NN)c2)c1)c1ccccc1. The van der Waals surface area contributed by atoms with Crippen LogP contribution < -0.4 is 11.2 Å². The van der Waals surface area contributed by atoms with Crippen LogP contribution >= 0.6 is 0 Å². The molecule has 0 amide bonds. The molecule has 0 saturated heterocycles. The highest BCUT2D eigenvalue weighted by Gasteiger charge is 2.22. The van der Waals surface area contributed by atoms with E-state index in [0.29, 0.717) is 13.0 Å². The van der Waals surface area contributed by atoms with Crippen LogP contribution in [0.3, 0.4) is 0 Å². The van der Waals surface area contributed by atoms with E-state index in [2.05, 4.69) is 46.8 Å². The Morgan fingerprint density at radius 2 is 1.65 bits per heavy atom. The van der Waals surface area contributed by atoms with Gasteiger partial charge in [0, 0.05) is 5.69 Å². The van der Waals surface area contributed by atoms with Crippen LogP contribution in [0.5, 0.6) is 0 Å². The van der Waals surface area contributed by atoms with Crippen LogP contribution in [0.4, 0.5) is 5.69 Å². The second kappa shape index (κ2) is 11.6. The van der Waals surface area contributed by atoms with Gasteiger partial charge in [-0.25, -0.2) is 0 Å².